The van der Waals surface area contributed by atoms with E-state index in [1.165, 1.54) is 0 Å². The van der Waals surface area contributed by atoms with Gasteiger partial charge in [-0.05, 0) is 6.07 Å². The van der Waals surface area contributed by atoms with Crippen LogP contribution in [0.15, 0.2) is 24.7 Å². The van der Waals surface area contributed by atoms with Crippen molar-refractivity contribution in [3.8, 4) is 0 Å². The van der Waals surface area contributed by atoms with Crippen LogP contribution >= 0.6 is 0 Å². The first kappa shape index (κ1) is 7.09. The third kappa shape index (κ3) is 0.777. The van der Waals surface area contributed by atoms with Gasteiger partial charge in [-0.2, -0.15) is 0 Å². The van der Waals surface area contributed by atoms with Crippen LogP contribution in [0.2, 0.25) is 0 Å². The second-order valence-corrected chi connectivity index (χ2v) is 2.99. The van der Waals surface area contributed by atoms with Gasteiger partial charge in [0.15, 0.2) is 5.65 Å². The lowest BCUT2D eigenvalue weighted by molar-refractivity contribution is 0.758. The summed E-state index contributed by atoms with van der Waals surface area (Å²) < 4.78 is 3.99. The van der Waals surface area contributed by atoms with Gasteiger partial charge in [0, 0.05) is 32.7 Å². The second kappa shape index (κ2) is 2.20. The van der Waals surface area contributed by atoms with Crippen LogP contribution in [-0.4, -0.2) is 23.2 Å². The van der Waals surface area contributed by atoms with Crippen molar-refractivity contribution < 1.29 is 0 Å². The van der Waals surface area contributed by atoms with Gasteiger partial charge in [-0.15, -0.1) is 0 Å². The third-order valence-corrected chi connectivity index (χ3v) is 1.93. The van der Waals surface area contributed by atoms with E-state index >= 15 is 0 Å². The Balaban J connectivity index is 2.75. The summed E-state index contributed by atoms with van der Waals surface area (Å²) in [7, 11) is 3.96. The van der Waals surface area contributed by atoms with Crippen LogP contribution < -0.4 is 10.7 Å². The highest BCUT2D eigenvalue weighted by Gasteiger charge is 2.04. The Morgan fingerprint density at radius 2 is 2.00 bits per heavy atom. The fourth-order valence-electron chi connectivity index (χ4n) is 1.35. The number of fused-ring (bicyclic) bond motifs is 1. The van der Waals surface area contributed by atoms with Gasteiger partial charge in [0.05, 0.1) is 5.69 Å². The highest BCUT2D eigenvalue weighted by Crippen LogP contribution is 2.14. The Kier molecular flexibility index (Phi) is 1.30. The predicted octanol–water partition coefficient (Wildman–Crippen LogP) is 0.521. The summed E-state index contributed by atoms with van der Waals surface area (Å²) in [5.74, 6) is 0. The molecule has 0 saturated carbocycles. The molecule has 0 bridgehead atoms. The Bertz CT molecular complexity index is 396. The quantitative estimate of drug-likeness (QED) is 0.667. The van der Waals surface area contributed by atoms with Gasteiger partial charge in [0.2, 0.25) is 0 Å². The first-order valence-corrected chi connectivity index (χ1v) is 3.81. The fourth-order valence-corrected chi connectivity index (χ4v) is 1.35. The van der Waals surface area contributed by atoms with Crippen molar-refractivity contribution >= 4 is 11.3 Å². The molecule has 0 amide bonds. The molecule has 0 fully saturated rings. The van der Waals surface area contributed by atoms with Gasteiger partial charge in [-0.3, -0.25) is 0 Å². The van der Waals surface area contributed by atoms with E-state index < -0.39 is 0 Å². The summed E-state index contributed by atoms with van der Waals surface area (Å²) in [5, 5.41) is 1.98. The van der Waals surface area contributed by atoms with Crippen LogP contribution in [-0.2, 0) is 0 Å². The molecule has 2 aromatic heterocycles. The molecule has 0 spiro atoms. The first-order chi connectivity index (χ1) is 5.70. The zero-order chi connectivity index (χ0) is 8.72. The van der Waals surface area contributed by atoms with Crippen LogP contribution in [0.3, 0.4) is 0 Å². The Hall–Kier alpha value is -1.58. The lowest BCUT2D eigenvalue weighted by atomic mass is 10.5. The van der Waals surface area contributed by atoms with Crippen LogP contribution in [0.25, 0.3) is 5.65 Å². The van der Waals surface area contributed by atoms with Gasteiger partial charge < -0.3 is 15.1 Å². The summed E-state index contributed by atoms with van der Waals surface area (Å²) in [6, 6.07) is 1.90. The van der Waals surface area contributed by atoms with Crippen LogP contribution in [0.1, 0.15) is 0 Å². The van der Waals surface area contributed by atoms with Crippen molar-refractivity contribution in [3.63, 3.8) is 0 Å². The van der Waals surface area contributed by atoms with E-state index in [1.54, 1.807) is 0 Å². The van der Waals surface area contributed by atoms with E-state index in [0.29, 0.717) is 0 Å². The molecule has 0 unspecified atom stereocenters. The van der Waals surface area contributed by atoms with E-state index in [9.17, 15) is 0 Å². The number of rotatable bonds is 1. The summed E-state index contributed by atoms with van der Waals surface area (Å²) in [5.41, 5.74) is 7.60. The fraction of sp³-hybridized carbons (Fsp3) is 0.250. The number of nitrogens with two attached hydrogens (primary N) is 1. The number of anilines is 1. The van der Waals surface area contributed by atoms with E-state index in [4.69, 9.17) is 5.73 Å². The molecule has 2 heterocycles. The molecule has 12 heavy (non-hydrogen) atoms. The Morgan fingerprint density at radius 3 is 2.67 bits per heavy atom. The third-order valence-electron chi connectivity index (χ3n) is 1.93. The molecule has 2 rings (SSSR count). The number of hydrogen-bond donors (Lipinski definition) is 1. The minimum Gasteiger partial charge on any atom is -0.396 e. The molecule has 0 radical (unpaired) electrons. The zero-order valence-electron chi connectivity index (χ0n) is 7.23. The molecule has 64 valence electrons. The summed E-state index contributed by atoms with van der Waals surface area (Å²) in [4.78, 5) is 0. The molecular weight excluding hydrogens is 152 g/mol. The molecule has 4 nitrogen and oxygen atoms in total. The zero-order valence-corrected chi connectivity index (χ0v) is 7.23. The second-order valence-electron chi connectivity index (χ2n) is 2.99. The largest absolute Gasteiger partial charge is 0.396 e. The summed E-state index contributed by atoms with van der Waals surface area (Å²) in [6.07, 6.45) is 5.90. The monoisotopic (exact) mass is 164 g/mol. The van der Waals surface area contributed by atoms with E-state index in [0.717, 1.165) is 11.3 Å². The van der Waals surface area contributed by atoms with Gasteiger partial charge in [0.25, 0.3) is 0 Å². The Labute approximate surface area is 70.8 Å². The normalized spacial score (nSPS) is 10.8. The molecule has 4 heteroatoms. The van der Waals surface area contributed by atoms with Gasteiger partial charge in [-0.1, -0.05) is 0 Å². The maximum atomic E-state index is 5.79. The van der Waals surface area contributed by atoms with Crippen molar-refractivity contribution in [2.75, 3.05) is 24.8 Å². The van der Waals surface area contributed by atoms with Crippen molar-refractivity contribution in [2.24, 2.45) is 0 Å². The highest BCUT2D eigenvalue weighted by atomic mass is 15.5. The maximum absolute atomic E-state index is 5.79. The Morgan fingerprint density at radius 1 is 1.25 bits per heavy atom. The van der Waals surface area contributed by atoms with Crippen molar-refractivity contribution in [3.05, 3.63) is 24.7 Å². The van der Waals surface area contributed by atoms with E-state index in [1.807, 2.05) is 52.8 Å². The molecule has 0 aliphatic carbocycles. The number of nitrogen functional groups attached to an aromatic ring is 1. The number of nitrogens with zero attached hydrogens (tertiary/aromatic N) is 3. The lowest BCUT2D eigenvalue weighted by Gasteiger charge is -2.14. The van der Waals surface area contributed by atoms with Crippen molar-refractivity contribution in [1.29, 1.82) is 0 Å². The lowest BCUT2D eigenvalue weighted by Crippen LogP contribution is -2.23. The number of aromatic nitrogens is 2. The van der Waals surface area contributed by atoms with E-state index in [-0.39, 0.29) is 0 Å². The summed E-state index contributed by atoms with van der Waals surface area (Å²) >= 11 is 0. The minimum atomic E-state index is 0.800. The molecule has 0 saturated heterocycles. The molecule has 0 aliphatic heterocycles. The van der Waals surface area contributed by atoms with Crippen molar-refractivity contribution in [2.45, 2.75) is 0 Å². The number of imidazole rings is 1. The molecule has 0 atom stereocenters. The predicted molar refractivity (Wildman–Crippen MR) is 49.9 cm³/mol. The average Bonchev–Trinajstić information content (AvgIpc) is 2.53. The topological polar surface area (TPSA) is 38.6 Å². The standard InChI is InChI=1S/C8H12N4/c1-10(2)12-6-5-11-4-3-7(9)8(11)12/h3-6H,9H2,1-2H3. The smallest absolute Gasteiger partial charge is 0.159 e. The van der Waals surface area contributed by atoms with Crippen LogP contribution in [0, 0.1) is 0 Å². The highest BCUT2D eigenvalue weighted by molar-refractivity contribution is 5.66. The van der Waals surface area contributed by atoms with Crippen molar-refractivity contribution in [1.82, 2.24) is 9.08 Å². The summed E-state index contributed by atoms with van der Waals surface area (Å²) in [6.45, 7) is 0. The van der Waals surface area contributed by atoms with Gasteiger partial charge >= 0.3 is 0 Å². The maximum Gasteiger partial charge on any atom is 0.159 e. The first-order valence-electron chi connectivity index (χ1n) is 3.81. The minimum absolute atomic E-state index is 0.800. The molecule has 2 aromatic rings. The van der Waals surface area contributed by atoms with Gasteiger partial charge in [0.1, 0.15) is 0 Å². The molecule has 0 aromatic carbocycles. The molecule has 2 N–H and O–H groups in total. The van der Waals surface area contributed by atoms with Crippen LogP contribution in [0.5, 0.6) is 0 Å². The molecule has 0 aliphatic rings. The van der Waals surface area contributed by atoms with E-state index in [2.05, 4.69) is 0 Å². The molecular formula is C8H12N4. The number of hydrogen-bond acceptors (Lipinski definition) is 2. The SMILES string of the molecule is CN(C)n1ccn2ccc(N)c12. The average molecular weight is 164 g/mol. The van der Waals surface area contributed by atoms with Crippen LogP contribution in [0.4, 0.5) is 5.69 Å². The van der Waals surface area contributed by atoms with Gasteiger partial charge in [-0.25, -0.2) is 4.68 Å².